The second-order valence-electron chi connectivity index (χ2n) is 7.37. The lowest BCUT2D eigenvalue weighted by Gasteiger charge is -2.17. The van der Waals surface area contributed by atoms with Gasteiger partial charge in [0.2, 0.25) is 5.91 Å². The van der Waals surface area contributed by atoms with Crippen LogP contribution in [-0.4, -0.2) is 34.0 Å². The molecular formula is C21H28N4O3. The van der Waals surface area contributed by atoms with E-state index in [1.54, 1.807) is 29.7 Å². The van der Waals surface area contributed by atoms with Crippen molar-refractivity contribution >= 4 is 22.7 Å². The van der Waals surface area contributed by atoms with E-state index in [-0.39, 0.29) is 17.4 Å². The van der Waals surface area contributed by atoms with Crippen molar-refractivity contribution in [3.63, 3.8) is 0 Å². The summed E-state index contributed by atoms with van der Waals surface area (Å²) in [5.41, 5.74) is 0.888. The van der Waals surface area contributed by atoms with Crippen molar-refractivity contribution in [3.05, 3.63) is 39.9 Å². The molecule has 7 nitrogen and oxygen atoms in total. The molecule has 0 unspecified atom stereocenters. The molecule has 0 fully saturated rings. The number of aryl methyl sites for hydroxylation is 1. The highest BCUT2D eigenvalue weighted by atomic mass is 16.2. The molecule has 1 atom stereocenters. The van der Waals surface area contributed by atoms with Gasteiger partial charge in [-0.15, -0.1) is 0 Å². The first-order valence-corrected chi connectivity index (χ1v) is 10.1. The largest absolute Gasteiger partial charge is 0.354 e. The van der Waals surface area contributed by atoms with Crippen LogP contribution in [0.3, 0.4) is 0 Å². The van der Waals surface area contributed by atoms with Gasteiger partial charge in [-0.2, -0.15) is 0 Å². The Hall–Kier alpha value is -2.70. The number of fused-ring (bicyclic) bond motifs is 2. The van der Waals surface area contributed by atoms with E-state index in [0.29, 0.717) is 29.6 Å². The lowest BCUT2D eigenvalue weighted by molar-refractivity contribution is -0.122. The second kappa shape index (κ2) is 8.99. The van der Waals surface area contributed by atoms with Crippen LogP contribution >= 0.6 is 0 Å². The standard InChI is InChI=1S/C21H28N4O3/c1-3-11-22-19(26)14(2)23-20(27)15-9-10-16-17(13-15)24-18-8-6-4-5-7-12-25(18)21(16)28/h9-10,13-14H,3-8,11-12H2,1-2H3,(H,22,26)(H,23,27)/t14-/m0/s1. The summed E-state index contributed by atoms with van der Waals surface area (Å²) >= 11 is 0. The van der Waals surface area contributed by atoms with Gasteiger partial charge >= 0.3 is 0 Å². The van der Waals surface area contributed by atoms with Gasteiger partial charge in [-0.1, -0.05) is 19.8 Å². The average Bonchev–Trinajstić information content (AvgIpc) is 2.67. The van der Waals surface area contributed by atoms with E-state index in [2.05, 4.69) is 15.6 Å². The van der Waals surface area contributed by atoms with Crippen molar-refractivity contribution in [2.24, 2.45) is 0 Å². The molecule has 0 spiro atoms. The van der Waals surface area contributed by atoms with E-state index in [4.69, 9.17) is 0 Å². The zero-order valence-electron chi connectivity index (χ0n) is 16.6. The zero-order valence-corrected chi connectivity index (χ0v) is 16.6. The highest BCUT2D eigenvalue weighted by Gasteiger charge is 2.18. The van der Waals surface area contributed by atoms with E-state index >= 15 is 0 Å². The summed E-state index contributed by atoms with van der Waals surface area (Å²) in [4.78, 5) is 42.0. The number of carbonyl (C=O) groups excluding carboxylic acids is 2. The first-order chi connectivity index (χ1) is 13.5. The summed E-state index contributed by atoms with van der Waals surface area (Å²) in [5.74, 6) is 0.227. The third-order valence-electron chi connectivity index (χ3n) is 5.12. The van der Waals surface area contributed by atoms with Crippen LogP contribution in [0, 0.1) is 0 Å². The molecule has 2 aromatic rings. The van der Waals surface area contributed by atoms with E-state index < -0.39 is 6.04 Å². The molecule has 1 aromatic carbocycles. The number of hydrogen-bond donors (Lipinski definition) is 2. The molecule has 7 heteroatoms. The van der Waals surface area contributed by atoms with Gasteiger partial charge in [-0.25, -0.2) is 4.98 Å². The van der Waals surface area contributed by atoms with Crippen molar-refractivity contribution < 1.29 is 9.59 Å². The number of hydrogen-bond acceptors (Lipinski definition) is 4. The molecular weight excluding hydrogens is 356 g/mol. The van der Waals surface area contributed by atoms with Gasteiger partial charge in [-0.05, 0) is 44.4 Å². The summed E-state index contributed by atoms with van der Waals surface area (Å²) in [6, 6.07) is 4.28. The van der Waals surface area contributed by atoms with Crippen molar-refractivity contribution in [1.82, 2.24) is 20.2 Å². The minimum atomic E-state index is -0.635. The Labute approximate surface area is 164 Å². The number of carbonyl (C=O) groups is 2. The third-order valence-corrected chi connectivity index (χ3v) is 5.12. The van der Waals surface area contributed by atoms with Crippen LogP contribution in [0.4, 0.5) is 0 Å². The normalized spacial score (nSPS) is 15.2. The predicted octanol–water partition coefficient (Wildman–Crippen LogP) is 2.16. The summed E-state index contributed by atoms with van der Waals surface area (Å²) in [6.07, 6.45) is 5.89. The van der Waals surface area contributed by atoms with Crippen LogP contribution in [0.1, 0.15) is 62.1 Å². The Bertz CT molecular complexity index is 935. The Morgan fingerprint density at radius 1 is 1.21 bits per heavy atom. The smallest absolute Gasteiger partial charge is 0.261 e. The Balaban J connectivity index is 1.85. The fraction of sp³-hybridized carbons (Fsp3) is 0.524. The molecule has 3 rings (SSSR count). The van der Waals surface area contributed by atoms with Crippen LogP contribution in [0.5, 0.6) is 0 Å². The number of nitrogens with one attached hydrogen (secondary N) is 2. The van der Waals surface area contributed by atoms with Crippen LogP contribution in [0.25, 0.3) is 10.9 Å². The first kappa shape index (κ1) is 20.0. The van der Waals surface area contributed by atoms with E-state index in [9.17, 15) is 14.4 Å². The SMILES string of the molecule is CCCNC(=O)[C@H](C)NC(=O)c1ccc2c(=O)n3c(nc2c1)CCCCCC3. The average molecular weight is 384 g/mol. The van der Waals surface area contributed by atoms with Gasteiger partial charge in [-0.3, -0.25) is 19.0 Å². The highest BCUT2D eigenvalue weighted by molar-refractivity contribution is 5.99. The lowest BCUT2D eigenvalue weighted by atomic mass is 10.1. The minimum Gasteiger partial charge on any atom is -0.354 e. The number of aromatic nitrogens is 2. The van der Waals surface area contributed by atoms with Crippen LogP contribution in [0.2, 0.25) is 0 Å². The Morgan fingerprint density at radius 3 is 2.79 bits per heavy atom. The van der Waals surface area contributed by atoms with Gasteiger partial charge in [0, 0.05) is 25.1 Å². The maximum absolute atomic E-state index is 12.9. The van der Waals surface area contributed by atoms with Gasteiger partial charge in [0.15, 0.2) is 0 Å². The van der Waals surface area contributed by atoms with E-state index in [1.165, 1.54) is 0 Å². The van der Waals surface area contributed by atoms with Gasteiger partial charge in [0.05, 0.1) is 10.9 Å². The van der Waals surface area contributed by atoms with E-state index in [0.717, 1.165) is 44.3 Å². The molecule has 2 N–H and O–H groups in total. The van der Waals surface area contributed by atoms with Gasteiger partial charge in [0.1, 0.15) is 11.9 Å². The monoisotopic (exact) mass is 384 g/mol. The molecule has 1 aliphatic rings. The summed E-state index contributed by atoms with van der Waals surface area (Å²) < 4.78 is 1.78. The molecule has 1 aromatic heterocycles. The lowest BCUT2D eigenvalue weighted by Crippen LogP contribution is -2.45. The van der Waals surface area contributed by atoms with Crippen molar-refractivity contribution in [1.29, 1.82) is 0 Å². The molecule has 28 heavy (non-hydrogen) atoms. The number of amides is 2. The molecule has 0 radical (unpaired) electrons. The molecule has 1 aliphatic heterocycles. The predicted molar refractivity (Wildman–Crippen MR) is 108 cm³/mol. The Kier molecular flexibility index (Phi) is 6.44. The molecule has 2 heterocycles. The van der Waals surface area contributed by atoms with Crippen molar-refractivity contribution in [2.75, 3.05) is 6.54 Å². The van der Waals surface area contributed by atoms with Crippen molar-refractivity contribution in [2.45, 2.75) is 65.0 Å². The molecule has 150 valence electrons. The third kappa shape index (κ3) is 4.40. The summed E-state index contributed by atoms with van der Waals surface area (Å²) in [6.45, 7) is 4.89. The number of rotatable bonds is 5. The maximum Gasteiger partial charge on any atom is 0.261 e. The van der Waals surface area contributed by atoms with Crippen LogP contribution < -0.4 is 16.2 Å². The number of benzene rings is 1. The van der Waals surface area contributed by atoms with Gasteiger partial charge < -0.3 is 10.6 Å². The van der Waals surface area contributed by atoms with Crippen LogP contribution in [0.15, 0.2) is 23.0 Å². The van der Waals surface area contributed by atoms with E-state index in [1.807, 2.05) is 6.92 Å². The second-order valence-corrected chi connectivity index (χ2v) is 7.37. The summed E-state index contributed by atoms with van der Waals surface area (Å²) in [7, 11) is 0. The molecule has 2 amide bonds. The Morgan fingerprint density at radius 2 is 2.00 bits per heavy atom. The summed E-state index contributed by atoms with van der Waals surface area (Å²) in [5, 5.41) is 5.99. The van der Waals surface area contributed by atoms with Gasteiger partial charge in [0.25, 0.3) is 11.5 Å². The molecule has 0 aliphatic carbocycles. The number of nitrogens with zero attached hydrogens (tertiary/aromatic N) is 2. The van der Waals surface area contributed by atoms with Crippen molar-refractivity contribution in [3.8, 4) is 0 Å². The molecule has 0 saturated carbocycles. The molecule has 0 saturated heterocycles. The minimum absolute atomic E-state index is 0.0406. The quantitative estimate of drug-likeness (QED) is 0.826. The first-order valence-electron chi connectivity index (χ1n) is 10.1. The highest BCUT2D eigenvalue weighted by Crippen LogP contribution is 2.16. The van der Waals surface area contributed by atoms with Crippen LogP contribution in [-0.2, 0) is 17.8 Å². The molecule has 0 bridgehead atoms. The fourth-order valence-corrected chi connectivity index (χ4v) is 3.48. The fourth-order valence-electron chi connectivity index (χ4n) is 3.48. The topological polar surface area (TPSA) is 93.1 Å². The zero-order chi connectivity index (χ0) is 20.1. The maximum atomic E-state index is 12.9.